The molecule has 0 bridgehead atoms. The summed E-state index contributed by atoms with van der Waals surface area (Å²) in [5.74, 6) is 0.933. The third kappa shape index (κ3) is 6.54. The lowest BCUT2D eigenvalue weighted by atomic mass is 10.2. The Labute approximate surface area is 142 Å². The number of amides is 1. The van der Waals surface area contributed by atoms with Gasteiger partial charge in [0, 0.05) is 23.6 Å². The summed E-state index contributed by atoms with van der Waals surface area (Å²) in [5.41, 5.74) is 1.51. The molecule has 1 amide bonds. The molecule has 0 radical (unpaired) electrons. The maximum Gasteiger partial charge on any atom is 0.573 e. The van der Waals surface area contributed by atoms with Crippen molar-refractivity contribution in [1.29, 1.82) is 0 Å². The fourth-order valence-electron chi connectivity index (χ4n) is 1.91. The number of hydrogen-bond acceptors (Lipinski definition) is 3. The summed E-state index contributed by atoms with van der Waals surface area (Å²) in [6.45, 7) is 0.483. The molecule has 1 N–H and O–H groups in total. The van der Waals surface area contributed by atoms with Gasteiger partial charge in [-0.1, -0.05) is 30.3 Å². The number of carbonyl (C=O) groups excluding carboxylic acids is 1. The first-order valence-corrected chi connectivity index (χ1v) is 8.35. The van der Waals surface area contributed by atoms with Crippen LogP contribution in [0.1, 0.15) is 15.9 Å². The molecule has 2 aromatic carbocycles. The fourth-order valence-corrected chi connectivity index (χ4v) is 2.73. The van der Waals surface area contributed by atoms with Gasteiger partial charge >= 0.3 is 6.36 Å². The topological polar surface area (TPSA) is 38.3 Å². The van der Waals surface area contributed by atoms with Gasteiger partial charge in [-0.05, 0) is 29.8 Å². The number of hydrogen-bond donors (Lipinski definition) is 1. The van der Waals surface area contributed by atoms with E-state index in [1.54, 1.807) is 11.8 Å². The molecule has 2 aromatic rings. The SMILES string of the molecule is O=C(NCCSCc1ccccc1)c1ccc(OC(F)(F)F)cc1. The number of carbonyl (C=O) groups is 1. The van der Waals surface area contributed by atoms with Crippen molar-refractivity contribution in [2.24, 2.45) is 0 Å². The number of nitrogens with one attached hydrogen (secondary N) is 1. The molecular formula is C17H16F3NO2S. The highest BCUT2D eigenvalue weighted by Gasteiger charge is 2.31. The van der Waals surface area contributed by atoms with Gasteiger partial charge in [-0.15, -0.1) is 13.2 Å². The van der Waals surface area contributed by atoms with Crippen LogP contribution < -0.4 is 10.1 Å². The Hall–Kier alpha value is -2.15. The summed E-state index contributed by atoms with van der Waals surface area (Å²) in [6.07, 6.45) is -4.74. The normalized spacial score (nSPS) is 11.1. The molecule has 0 aliphatic rings. The van der Waals surface area contributed by atoms with Crippen molar-refractivity contribution in [2.75, 3.05) is 12.3 Å². The zero-order valence-corrected chi connectivity index (χ0v) is 13.5. The quantitative estimate of drug-likeness (QED) is 0.755. The second kappa shape index (κ2) is 8.63. The molecule has 0 atom stereocenters. The van der Waals surface area contributed by atoms with Crippen molar-refractivity contribution < 1.29 is 22.7 Å². The first-order chi connectivity index (χ1) is 11.4. The molecule has 0 spiro atoms. The standard InChI is InChI=1S/C17H16F3NO2S/c18-17(19,20)23-15-8-6-14(7-9-15)16(22)21-10-11-24-12-13-4-2-1-3-5-13/h1-9H,10-12H2,(H,21,22). The number of benzene rings is 2. The number of rotatable bonds is 7. The Morgan fingerprint density at radius 3 is 2.33 bits per heavy atom. The van der Waals surface area contributed by atoms with Gasteiger partial charge < -0.3 is 10.1 Å². The van der Waals surface area contributed by atoms with Crippen molar-refractivity contribution in [2.45, 2.75) is 12.1 Å². The second-order valence-electron chi connectivity index (χ2n) is 4.87. The lowest BCUT2D eigenvalue weighted by Gasteiger charge is -2.09. The molecule has 0 fully saturated rings. The van der Waals surface area contributed by atoms with Gasteiger partial charge in [-0.25, -0.2) is 0 Å². The average molecular weight is 355 g/mol. The average Bonchev–Trinajstić information content (AvgIpc) is 2.54. The lowest BCUT2D eigenvalue weighted by Crippen LogP contribution is -2.25. The van der Waals surface area contributed by atoms with Crippen LogP contribution in [0, 0.1) is 0 Å². The van der Waals surface area contributed by atoms with Crippen LogP contribution in [-0.4, -0.2) is 24.6 Å². The van der Waals surface area contributed by atoms with Crippen LogP contribution in [0.15, 0.2) is 54.6 Å². The van der Waals surface area contributed by atoms with Gasteiger partial charge in [0.05, 0.1) is 0 Å². The third-order valence-electron chi connectivity index (χ3n) is 2.99. The van der Waals surface area contributed by atoms with Crippen molar-refractivity contribution in [3.63, 3.8) is 0 Å². The molecule has 0 unspecified atom stereocenters. The highest BCUT2D eigenvalue weighted by atomic mass is 32.2. The minimum Gasteiger partial charge on any atom is -0.406 e. The first-order valence-electron chi connectivity index (χ1n) is 7.20. The van der Waals surface area contributed by atoms with E-state index >= 15 is 0 Å². The summed E-state index contributed by atoms with van der Waals surface area (Å²) in [4.78, 5) is 11.9. The fraction of sp³-hybridized carbons (Fsp3) is 0.235. The number of halogens is 3. The summed E-state index contributed by atoms with van der Waals surface area (Å²) >= 11 is 1.69. The van der Waals surface area contributed by atoms with Crippen molar-refractivity contribution in [3.05, 3.63) is 65.7 Å². The van der Waals surface area contributed by atoms with Crippen LogP contribution in [-0.2, 0) is 5.75 Å². The van der Waals surface area contributed by atoms with Crippen LogP contribution in [0.2, 0.25) is 0 Å². The van der Waals surface area contributed by atoms with Crippen LogP contribution >= 0.6 is 11.8 Å². The van der Waals surface area contributed by atoms with Gasteiger partial charge in [-0.2, -0.15) is 11.8 Å². The zero-order chi connectivity index (χ0) is 17.4. The second-order valence-corrected chi connectivity index (χ2v) is 5.97. The van der Waals surface area contributed by atoms with Crippen molar-refractivity contribution >= 4 is 17.7 Å². The number of alkyl halides is 3. The Bertz CT molecular complexity index is 645. The molecule has 0 saturated heterocycles. The third-order valence-corrected chi connectivity index (χ3v) is 4.02. The predicted molar refractivity (Wildman–Crippen MR) is 88.1 cm³/mol. The Balaban J connectivity index is 1.70. The molecule has 3 nitrogen and oxygen atoms in total. The van der Waals surface area contributed by atoms with Gasteiger partial charge in [0.1, 0.15) is 5.75 Å². The van der Waals surface area contributed by atoms with E-state index in [2.05, 4.69) is 10.1 Å². The molecule has 2 rings (SSSR count). The van der Waals surface area contributed by atoms with E-state index in [0.717, 1.165) is 23.6 Å². The van der Waals surface area contributed by atoms with E-state index in [1.807, 2.05) is 30.3 Å². The lowest BCUT2D eigenvalue weighted by molar-refractivity contribution is -0.274. The van der Waals surface area contributed by atoms with Crippen molar-refractivity contribution in [1.82, 2.24) is 5.32 Å². The summed E-state index contributed by atoms with van der Waals surface area (Å²) in [7, 11) is 0. The highest BCUT2D eigenvalue weighted by Crippen LogP contribution is 2.22. The van der Waals surface area contributed by atoms with Gasteiger partial charge in [0.25, 0.3) is 5.91 Å². The molecule has 0 heterocycles. The number of thioether (sulfide) groups is 1. The van der Waals surface area contributed by atoms with E-state index in [-0.39, 0.29) is 17.2 Å². The summed E-state index contributed by atoms with van der Waals surface area (Å²) in [6, 6.07) is 14.8. The molecule has 0 aromatic heterocycles. The van der Waals surface area contributed by atoms with E-state index in [4.69, 9.17) is 0 Å². The molecule has 0 aliphatic heterocycles. The number of ether oxygens (including phenoxy) is 1. The molecule has 24 heavy (non-hydrogen) atoms. The summed E-state index contributed by atoms with van der Waals surface area (Å²) < 4.78 is 39.9. The Morgan fingerprint density at radius 1 is 1.04 bits per heavy atom. The predicted octanol–water partition coefficient (Wildman–Crippen LogP) is 4.25. The molecule has 128 valence electrons. The largest absolute Gasteiger partial charge is 0.573 e. The van der Waals surface area contributed by atoms with Crippen LogP contribution in [0.3, 0.4) is 0 Å². The highest BCUT2D eigenvalue weighted by molar-refractivity contribution is 7.98. The molecule has 0 saturated carbocycles. The smallest absolute Gasteiger partial charge is 0.406 e. The van der Waals surface area contributed by atoms with E-state index in [0.29, 0.717) is 6.54 Å². The molecular weight excluding hydrogens is 339 g/mol. The maximum atomic E-state index is 12.1. The Morgan fingerprint density at radius 2 is 1.71 bits per heavy atom. The van der Waals surface area contributed by atoms with Gasteiger partial charge in [-0.3, -0.25) is 4.79 Å². The van der Waals surface area contributed by atoms with Gasteiger partial charge in [0.15, 0.2) is 0 Å². The molecule has 0 aliphatic carbocycles. The summed E-state index contributed by atoms with van der Waals surface area (Å²) in [5, 5.41) is 2.73. The maximum absolute atomic E-state index is 12.1. The first kappa shape index (κ1) is 18.2. The van der Waals surface area contributed by atoms with Crippen LogP contribution in [0.5, 0.6) is 5.75 Å². The van der Waals surface area contributed by atoms with E-state index in [1.165, 1.54) is 17.7 Å². The minimum atomic E-state index is -4.74. The van der Waals surface area contributed by atoms with Crippen molar-refractivity contribution in [3.8, 4) is 5.75 Å². The van der Waals surface area contributed by atoms with Gasteiger partial charge in [0.2, 0.25) is 0 Å². The zero-order valence-electron chi connectivity index (χ0n) is 12.7. The van der Waals surface area contributed by atoms with Crippen LogP contribution in [0.25, 0.3) is 0 Å². The van der Waals surface area contributed by atoms with Crippen LogP contribution in [0.4, 0.5) is 13.2 Å². The monoisotopic (exact) mass is 355 g/mol. The van der Waals surface area contributed by atoms with E-state index in [9.17, 15) is 18.0 Å². The van der Waals surface area contributed by atoms with E-state index < -0.39 is 6.36 Å². The minimum absolute atomic E-state index is 0.289. The Kier molecular flexibility index (Phi) is 6.54. The molecule has 7 heteroatoms.